The maximum absolute atomic E-state index is 13.6. The van der Waals surface area contributed by atoms with Crippen molar-refractivity contribution in [3.8, 4) is 0 Å². The van der Waals surface area contributed by atoms with Gasteiger partial charge in [0, 0.05) is 26.2 Å². The predicted octanol–water partition coefficient (Wildman–Crippen LogP) is 5.86. The van der Waals surface area contributed by atoms with Crippen LogP contribution >= 0.6 is 0 Å². The van der Waals surface area contributed by atoms with Crippen LogP contribution in [0.2, 0.25) is 0 Å². The van der Waals surface area contributed by atoms with E-state index in [1.807, 2.05) is 6.92 Å². The number of nitrogens with zero attached hydrogens (tertiary/aromatic N) is 2. The molecule has 1 N–H and O–H groups in total. The zero-order valence-electron chi connectivity index (χ0n) is 20.8. The molecule has 3 aromatic carbocycles. The van der Waals surface area contributed by atoms with Crippen molar-refractivity contribution >= 4 is 17.7 Å². The second-order valence-corrected chi connectivity index (χ2v) is 8.99. The maximum Gasteiger partial charge on any atom is 0.340 e. The summed E-state index contributed by atoms with van der Waals surface area (Å²) in [6.07, 6.45) is 1.70. The number of ether oxygens (including phenoxy) is 1. The van der Waals surface area contributed by atoms with Gasteiger partial charge in [-0.1, -0.05) is 49.7 Å². The summed E-state index contributed by atoms with van der Waals surface area (Å²) in [5.74, 6) is -1.11. The van der Waals surface area contributed by atoms with Crippen molar-refractivity contribution in [2.24, 2.45) is 0 Å². The quantitative estimate of drug-likeness (QED) is 0.306. The fraction of sp³-hybridized carbons (Fsp3) is 0.310. The number of hydrogen-bond donors (Lipinski definition) is 1. The van der Waals surface area contributed by atoms with Gasteiger partial charge in [0.15, 0.2) is 0 Å². The van der Waals surface area contributed by atoms with E-state index in [4.69, 9.17) is 4.74 Å². The summed E-state index contributed by atoms with van der Waals surface area (Å²) >= 11 is 0. The van der Waals surface area contributed by atoms with E-state index in [1.165, 1.54) is 24.3 Å². The number of carbonyl (C=O) groups is 2. The van der Waals surface area contributed by atoms with E-state index in [2.05, 4.69) is 10.2 Å². The van der Waals surface area contributed by atoms with Crippen molar-refractivity contribution in [3.63, 3.8) is 0 Å². The highest BCUT2D eigenvalue weighted by Gasteiger charge is 2.29. The van der Waals surface area contributed by atoms with Crippen molar-refractivity contribution in [1.29, 1.82) is 0 Å². The van der Waals surface area contributed by atoms with Gasteiger partial charge in [0.25, 0.3) is 0 Å². The third-order valence-electron chi connectivity index (χ3n) is 6.46. The van der Waals surface area contributed by atoms with Crippen LogP contribution in [0.5, 0.6) is 0 Å². The first-order valence-electron chi connectivity index (χ1n) is 12.5. The summed E-state index contributed by atoms with van der Waals surface area (Å²) in [5.41, 5.74) is 2.51. The van der Waals surface area contributed by atoms with Crippen LogP contribution < -0.4 is 5.32 Å². The number of amides is 2. The number of unbranched alkanes of at least 4 members (excludes halogenated alkanes) is 1. The number of rotatable bonds is 8. The monoisotopic (exact) mass is 507 g/mol. The molecule has 0 saturated carbocycles. The first-order chi connectivity index (χ1) is 18.0. The lowest BCUT2D eigenvalue weighted by Gasteiger charge is -2.39. The van der Waals surface area contributed by atoms with E-state index in [9.17, 15) is 18.4 Å². The number of halogens is 2. The number of anilines is 1. The number of nitrogens with one attached hydrogen (secondary N) is 1. The Morgan fingerprint density at radius 2 is 1.43 bits per heavy atom. The Hall–Kier alpha value is -3.78. The molecular weight excluding hydrogens is 476 g/mol. The van der Waals surface area contributed by atoms with E-state index in [0.29, 0.717) is 44.0 Å². The average Bonchev–Trinajstić information content (AvgIpc) is 2.92. The van der Waals surface area contributed by atoms with Crippen molar-refractivity contribution in [1.82, 2.24) is 9.80 Å². The van der Waals surface area contributed by atoms with Crippen LogP contribution in [0.3, 0.4) is 0 Å². The molecule has 194 valence electrons. The molecule has 1 aliphatic rings. The summed E-state index contributed by atoms with van der Waals surface area (Å²) in [6.45, 7) is 4.38. The minimum absolute atomic E-state index is 0.204. The lowest BCUT2D eigenvalue weighted by Crippen LogP contribution is -2.51. The molecule has 0 aromatic heterocycles. The molecule has 37 heavy (non-hydrogen) atoms. The molecule has 0 spiro atoms. The summed E-state index contributed by atoms with van der Waals surface area (Å²) < 4.78 is 32.5. The van der Waals surface area contributed by atoms with Crippen LogP contribution in [0.4, 0.5) is 19.3 Å². The SMILES string of the molecule is CCCCOC(=O)c1ccccc1NC(=O)N1CCN(C(c2ccc(F)cc2)c2ccc(F)cc2)CC1. The molecule has 1 heterocycles. The molecule has 3 aromatic rings. The van der Waals surface area contributed by atoms with Crippen molar-refractivity contribution in [2.45, 2.75) is 25.8 Å². The fourth-order valence-electron chi connectivity index (χ4n) is 4.44. The molecule has 0 unspecified atom stereocenters. The van der Waals surface area contributed by atoms with Gasteiger partial charge in [-0.05, 0) is 53.9 Å². The van der Waals surface area contributed by atoms with Crippen molar-refractivity contribution in [3.05, 3.63) is 101 Å². The number of piperazine rings is 1. The fourth-order valence-corrected chi connectivity index (χ4v) is 4.44. The maximum atomic E-state index is 13.6. The van der Waals surface area contributed by atoms with Gasteiger partial charge in [-0.15, -0.1) is 0 Å². The molecule has 6 nitrogen and oxygen atoms in total. The Labute approximate surface area is 215 Å². The summed E-state index contributed by atoms with van der Waals surface area (Å²) in [4.78, 5) is 29.4. The highest BCUT2D eigenvalue weighted by Crippen LogP contribution is 2.30. The number of urea groups is 1. The highest BCUT2D eigenvalue weighted by molar-refractivity contribution is 6.00. The van der Waals surface area contributed by atoms with Gasteiger partial charge in [-0.3, -0.25) is 4.90 Å². The van der Waals surface area contributed by atoms with Crippen LogP contribution in [-0.2, 0) is 4.74 Å². The summed E-state index contributed by atoms with van der Waals surface area (Å²) in [7, 11) is 0. The molecule has 0 radical (unpaired) electrons. The van der Waals surface area contributed by atoms with Crippen LogP contribution in [0.25, 0.3) is 0 Å². The summed E-state index contributed by atoms with van der Waals surface area (Å²) in [5, 5.41) is 2.86. The molecular formula is C29H31F2N3O3. The van der Waals surface area contributed by atoms with E-state index < -0.39 is 5.97 Å². The van der Waals surface area contributed by atoms with Crippen LogP contribution in [-0.4, -0.2) is 54.6 Å². The Bertz CT molecular complexity index is 1150. The van der Waals surface area contributed by atoms with Gasteiger partial charge in [0.1, 0.15) is 11.6 Å². The molecule has 2 amide bonds. The average molecular weight is 508 g/mol. The number of esters is 1. The number of carbonyl (C=O) groups excluding carboxylic acids is 2. The number of hydrogen-bond acceptors (Lipinski definition) is 4. The van der Waals surface area contributed by atoms with Gasteiger partial charge in [0.2, 0.25) is 0 Å². The lowest BCUT2D eigenvalue weighted by molar-refractivity contribution is 0.0501. The smallest absolute Gasteiger partial charge is 0.340 e. The standard InChI is InChI=1S/C29H31F2N3O3/c1-2-3-20-37-28(35)25-6-4-5-7-26(25)32-29(36)34-18-16-33(17-19-34)27(21-8-12-23(30)13-9-21)22-10-14-24(31)15-11-22/h4-15,27H,2-3,16-20H2,1H3,(H,32,36). The normalized spacial score (nSPS) is 14.0. The third-order valence-corrected chi connectivity index (χ3v) is 6.46. The first-order valence-corrected chi connectivity index (χ1v) is 12.5. The zero-order chi connectivity index (χ0) is 26.2. The molecule has 0 aliphatic carbocycles. The van der Waals surface area contributed by atoms with Gasteiger partial charge in [-0.2, -0.15) is 0 Å². The number of benzene rings is 3. The third kappa shape index (κ3) is 6.71. The van der Waals surface area contributed by atoms with Gasteiger partial charge in [-0.25, -0.2) is 18.4 Å². The molecule has 1 saturated heterocycles. The van der Waals surface area contributed by atoms with E-state index in [1.54, 1.807) is 53.4 Å². The molecule has 1 aliphatic heterocycles. The van der Waals surface area contributed by atoms with E-state index >= 15 is 0 Å². The number of para-hydroxylation sites is 1. The topological polar surface area (TPSA) is 61.9 Å². The molecule has 0 atom stereocenters. The van der Waals surface area contributed by atoms with Crippen molar-refractivity contribution in [2.75, 3.05) is 38.1 Å². The van der Waals surface area contributed by atoms with Crippen molar-refractivity contribution < 1.29 is 23.1 Å². The Morgan fingerprint density at radius 3 is 2.00 bits per heavy atom. The van der Waals surface area contributed by atoms with E-state index in [-0.39, 0.29) is 23.7 Å². The van der Waals surface area contributed by atoms with Gasteiger partial charge in [0.05, 0.1) is 23.9 Å². The minimum atomic E-state index is -0.462. The second-order valence-electron chi connectivity index (χ2n) is 8.99. The Morgan fingerprint density at radius 1 is 0.865 bits per heavy atom. The Kier molecular flexibility index (Phi) is 8.85. The van der Waals surface area contributed by atoms with Crippen LogP contribution in [0.1, 0.15) is 47.3 Å². The molecule has 1 fully saturated rings. The molecule has 8 heteroatoms. The van der Waals surface area contributed by atoms with Crippen LogP contribution in [0.15, 0.2) is 72.8 Å². The summed E-state index contributed by atoms with van der Waals surface area (Å²) in [6, 6.07) is 18.9. The van der Waals surface area contributed by atoms with Crippen LogP contribution in [0, 0.1) is 11.6 Å². The molecule has 4 rings (SSSR count). The van der Waals surface area contributed by atoms with Gasteiger partial charge < -0.3 is 15.0 Å². The zero-order valence-corrected chi connectivity index (χ0v) is 20.8. The Balaban J connectivity index is 1.43. The largest absolute Gasteiger partial charge is 0.462 e. The first kappa shape index (κ1) is 26.3. The van der Waals surface area contributed by atoms with Gasteiger partial charge >= 0.3 is 12.0 Å². The predicted molar refractivity (Wildman–Crippen MR) is 138 cm³/mol. The second kappa shape index (κ2) is 12.5. The molecule has 0 bridgehead atoms. The minimum Gasteiger partial charge on any atom is -0.462 e. The highest BCUT2D eigenvalue weighted by atomic mass is 19.1. The van der Waals surface area contributed by atoms with E-state index in [0.717, 1.165) is 24.0 Å². The lowest BCUT2D eigenvalue weighted by atomic mass is 9.96.